The Hall–Kier alpha value is -0.0400. The minimum absolute atomic E-state index is 0.0220. The molecule has 0 aromatic carbocycles. The summed E-state index contributed by atoms with van der Waals surface area (Å²) < 4.78 is 0. The zero-order valence-electron chi connectivity index (χ0n) is 7.94. The standard InChI is InChI=1S/C9H21N/c1-6-9(5,10)8(4)7(2)3/h7-8H,6,10H2,1-5H3. The topological polar surface area (TPSA) is 26.0 Å². The highest BCUT2D eigenvalue weighted by molar-refractivity contribution is 4.84. The fourth-order valence-corrected chi connectivity index (χ4v) is 1.08. The van der Waals surface area contributed by atoms with E-state index in [9.17, 15) is 0 Å². The van der Waals surface area contributed by atoms with Gasteiger partial charge < -0.3 is 5.73 Å². The Kier molecular flexibility index (Phi) is 3.37. The molecule has 0 rings (SSSR count). The van der Waals surface area contributed by atoms with E-state index >= 15 is 0 Å². The quantitative estimate of drug-likeness (QED) is 0.645. The van der Waals surface area contributed by atoms with Crippen LogP contribution in [-0.2, 0) is 0 Å². The largest absolute Gasteiger partial charge is 0.325 e. The molecule has 0 aliphatic rings. The van der Waals surface area contributed by atoms with Crippen LogP contribution in [0.5, 0.6) is 0 Å². The summed E-state index contributed by atoms with van der Waals surface area (Å²) in [5.74, 6) is 1.30. The number of hydrogen-bond acceptors (Lipinski definition) is 1. The summed E-state index contributed by atoms with van der Waals surface area (Å²) >= 11 is 0. The Bertz CT molecular complexity index is 94.9. The van der Waals surface area contributed by atoms with Gasteiger partial charge >= 0.3 is 0 Å². The lowest BCUT2D eigenvalue weighted by Gasteiger charge is -2.33. The Morgan fingerprint density at radius 2 is 1.70 bits per heavy atom. The van der Waals surface area contributed by atoms with Gasteiger partial charge in [0.1, 0.15) is 0 Å². The maximum atomic E-state index is 6.06. The second kappa shape index (κ2) is 3.38. The SMILES string of the molecule is CCC(C)(N)C(C)C(C)C. The van der Waals surface area contributed by atoms with E-state index in [0.717, 1.165) is 6.42 Å². The minimum atomic E-state index is 0.0220. The fourth-order valence-electron chi connectivity index (χ4n) is 1.08. The zero-order chi connectivity index (χ0) is 8.36. The van der Waals surface area contributed by atoms with E-state index in [0.29, 0.717) is 11.8 Å². The van der Waals surface area contributed by atoms with E-state index < -0.39 is 0 Å². The van der Waals surface area contributed by atoms with Gasteiger partial charge in [-0.2, -0.15) is 0 Å². The van der Waals surface area contributed by atoms with E-state index in [-0.39, 0.29) is 5.54 Å². The summed E-state index contributed by atoms with van der Waals surface area (Å²) in [6, 6.07) is 0. The van der Waals surface area contributed by atoms with Crippen LogP contribution in [0.3, 0.4) is 0 Å². The predicted molar refractivity (Wildman–Crippen MR) is 46.9 cm³/mol. The van der Waals surface area contributed by atoms with E-state index in [1.165, 1.54) is 0 Å². The normalized spacial score (nSPS) is 20.7. The molecule has 1 nitrogen and oxygen atoms in total. The molecule has 0 amide bonds. The number of hydrogen-bond donors (Lipinski definition) is 1. The molecular formula is C9H21N. The van der Waals surface area contributed by atoms with Crippen LogP contribution in [-0.4, -0.2) is 5.54 Å². The van der Waals surface area contributed by atoms with Gasteiger partial charge in [0.25, 0.3) is 0 Å². The van der Waals surface area contributed by atoms with Crippen molar-refractivity contribution in [2.45, 2.75) is 46.6 Å². The Morgan fingerprint density at radius 1 is 1.30 bits per heavy atom. The molecule has 0 aliphatic heterocycles. The zero-order valence-corrected chi connectivity index (χ0v) is 7.94. The number of rotatable bonds is 3. The van der Waals surface area contributed by atoms with Crippen LogP contribution in [0.15, 0.2) is 0 Å². The summed E-state index contributed by atoms with van der Waals surface area (Å²) in [7, 11) is 0. The molecule has 0 saturated carbocycles. The van der Waals surface area contributed by atoms with Gasteiger partial charge in [0.05, 0.1) is 0 Å². The second-order valence-electron chi connectivity index (χ2n) is 3.89. The molecule has 0 radical (unpaired) electrons. The van der Waals surface area contributed by atoms with Crippen LogP contribution < -0.4 is 5.73 Å². The van der Waals surface area contributed by atoms with Gasteiger partial charge in [0.2, 0.25) is 0 Å². The summed E-state index contributed by atoms with van der Waals surface area (Å²) in [5.41, 5.74) is 6.08. The average molecular weight is 143 g/mol. The second-order valence-corrected chi connectivity index (χ2v) is 3.89. The Morgan fingerprint density at radius 3 is 1.80 bits per heavy atom. The first-order chi connectivity index (χ1) is 4.41. The molecule has 0 heterocycles. The lowest BCUT2D eigenvalue weighted by Crippen LogP contribution is -2.44. The molecule has 0 fully saturated rings. The van der Waals surface area contributed by atoms with Crippen molar-refractivity contribution in [2.75, 3.05) is 0 Å². The summed E-state index contributed by atoms with van der Waals surface area (Å²) in [5, 5.41) is 0. The summed E-state index contributed by atoms with van der Waals surface area (Å²) in [6.07, 6.45) is 1.06. The molecule has 1 heteroatoms. The molecular weight excluding hydrogens is 122 g/mol. The van der Waals surface area contributed by atoms with E-state index in [1.54, 1.807) is 0 Å². The fraction of sp³-hybridized carbons (Fsp3) is 1.00. The molecule has 0 aromatic heterocycles. The van der Waals surface area contributed by atoms with Crippen LogP contribution >= 0.6 is 0 Å². The highest BCUT2D eigenvalue weighted by atomic mass is 14.7. The molecule has 10 heavy (non-hydrogen) atoms. The van der Waals surface area contributed by atoms with E-state index in [2.05, 4.69) is 34.6 Å². The van der Waals surface area contributed by atoms with Crippen LogP contribution in [0.4, 0.5) is 0 Å². The first kappa shape index (κ1) is 9.96. The maximum absolute atomic E-state index is 6.06. The van der Waals surface area contributed by atoms with Gasteiger partial charge in [-0.15, -0.1) is 0 Å². The minimum Gasteiger partial charge on any atom is -0.325 e. The highest BCUT2D eigenvalue weighted by Gasteiger charge is 2.26. The molecule has 2 unspecified atom stereocenters. The van der Waals surface area contributed by atoms with Crippen LogP contribution in [0.25, 0.3) is 0 Å². The molecule has 0 bridgehead atoms. The van der Waals surface area contributed by atoms with Crippen molar-refractivity contribution < 1.29 is 0 Å². The lowest BCUT2D eigenvalue weighted by atomic mass is 9.79. The lowest BCUT2D eigenvalue weighted by molar-refractivity contribution is 0.239. The van der Waals surface area contributed by atoms with E-state index in [1.807, 2.05) is 0 Å². The van der Waals surface area contributed by atoms with Crippen molar-refractivity contribution in [2.24, 2.45) is 17.6 Å². The van der Waals surface area contributed by atoms with Crippen molar-refractivity contribution in [3.8, 4) is 0 Å². The first-order valence-corrected chi connectivity index (χ1v) is 4.20. The van der Waals surface area contributed by atoms with Gasteiger partial charge in [-0.05, 0) is 25.2 Å². The van der Waals surface area contributed by atoms with Gasteiger partial charge in [-0.25, -0.2) is 0 Å². The Balaban J connectivity index is 4.03. The van der Waals surface area contributed by atoms with Gasteiger partial charge in [0, 0.05) is 5.54 Å². The molecule has 0 aromatic rings. The first-order valence-electron chi connectivity index (χ1n) is 4.20. The molecule has 2 atom stereocenters. The van der Waals surface area contributed by atoms with Crippen molar-refractivity contribution in [1.29, 1.82) is 0 Å². The summed E-state index contributed by atoms with van der Waals surface area (Å²) in [4.78, 5) is 0. The molecule has 62 valence electrons. The molecule has 0 saturated heterocycles. The third-order valence-electron chi connectivity index (χ3n) is 2.80. The maximum Gasteiger partial charge on any atom is 0.0151 e. The average Bonchev–Trinajstić information content (AvgIpc) is 1.86. The van der Waals surface area contributed by atoms with Gasteiger partial charge in [-0.1, -0.05) is 27.7 Å². The Labute approximate surface area is 65.0 Å². The van der Waals surface area contributed by atoms with E-state index in [4.69, 9.17) is 5.73 Å². The smallest absolute Gasteiger partial charge is 0.0151 e. The predicted octanol–water partition coefficient (Wildman–Crippen LogP) is 2.41. The molecule has 0 aliphatic carbocycles. The summed E-state index contributed by atoms with van der Waals surface area (Å²) in [6.45, 7) is 11.0. The van der Waals surface area contributed by atoms with Crippen molar-refractivity contribution in [3.05, 3.63) is 0 Å². The van der Waals surface area contributed by atoms with Crippen molar-refractivity contribution in [1.82, 2.24) is 0 Å². The van der Waals surface area contributed by atoms with Crippen LogP contribution in [0, 0.1) is 11.8 Å². The van der Waals surface area contributed by atoms with Crippen LogP contribution in [0.1, 0.15) is 41.0 Å². The monoisotopic (exact) mass is 143 g/mol. The van der Waals surface area contributed by atoms with Crippen molar-refractivity contribution in [3.63, 3.8) is 0 Å². The highest BCUT2D eigenvalue weighted by Crippen LogP contribution is 2.24. The number of nitrogens with two attached hydrogens (primary N) is 1. The van der Waals surface area contributed by atoms with Gasteiger partial charge in [-0.3, -0.25) is 0 Å². The third-order valence-corrected chi connectivity index (χ3v) is 2.80. The molecule has 2 N–H and O–H groups in total. The molecule has 0 spiro atoms. The third kappa shape index (κ3) is 2.30. The van der Waals surface area contributed by atoms with Gasteiger partial charge in [0.15, 0.2) is 0 Å². The van der Waals surface area contributed by atoms with Crippen LogP contribution in [0.2, 0.25) is 0 Å². The van der Waals surface area contributed by atoms with Crippen molar-refractivity contribution >= 4 is 0 Å².